The smallest absolute Gasteiger partial charge is 0.243 e. The van der Waals surface area contributed by atoms with Crippen LogP contribution in [0.3, 0.4) is 0 Å². The highest BCUT2D eigenvalue weighted by Crippen LogP contribution is 2.26. The number of amides is 1. The molecule has 1 aromatic carbocycles. The molecule has 0 radical (unpaired) electrons. The number of piperidine rings is 1. The van der Waals surface area contributed by atoms with Crippen molar-refractivity contribution in [2.45, 2.75) is 76.2 Å². The topological polar surface area (TPSA) is 69.7 Å². The number of nitrogens with one attached hydrogen (secondary N) is 1. The Morgan fingerprint density at radius 3 is 2.41 bits per heavy atom. The van der Waals surface area contributed by atoms with Crippen LogP contribution in [0, 0.1) is 6.92 Å². The van der Waals surface area contributed by atoms with Crippen molar-refractivity contribution in [3.8, 4) is 0 Å². The molecular weight excluding hydrogens is 386 g/mol. The zero-order chi connectivity index (χ0) is 20.9. The fourth-order valence-corrected chi connectivity index (χ4v) is 6.05. The number of hydrogen-bond donors (Lipinski definition) is 1. The molecule has 1 aliphatic heterocycles. The molecule has 1 amide bonds. The van der Waals surface area contributed by atoms with E-state index in [0.29, 0.717) is 30.6 Å². The molecule has 2 fully saturated rings. The first kappa shape index (κ1) is 22.1. The van der Waals surface area contributed by atoms with Gasteiger partial charge in [-0.1, -0.05) is 31.7 Å². The zero-order valence-corrected chi connectivity index (χ0v) is 18.6. The predicted octanol–water partition coefficient (Wildman–Crippen LogP) is 3.76. The number of hydrogen-bond acceptors (Lipinski definition) is 4. The van der Waals surface area contributed by atoms with Crippen molar-refractivity contribution in [3.05, 3.63) is 23.8 Å². The van der Waals surface area contributed by atoms with Crippen molar-refractivity contribution in [1.29, 1.82) is 0 Å². The summed E-state index contributed by atoms with van der Waals surface area (Å²) < 4.78 is 27.5. The zero-order valence-electron chi connectivity index (χ0n) is 17.8. The van der Waals surface area contributed by atoms with E-state index in [2.05, 4.69) is 5.32 Å². The molecule has 1 saturated carbocycles. The summed E-state index contributed by atoms with van der Waals surface area (Å²) in [4.78, 5) is 15.1. The number of likely N-dealkylation sites (N-methyl/N-ethyl adjacent to an activating group) is 1. The van der Waals surface area contributed by atoms with Crippen molar-refractivity contribution in [1.82, 2.24) is 9.21 Å². The number of nitrogens with zero attached hydrogens (tertiary/aromatic N) is 2. The first-order valence-corrected chi connectivity index (χ1v) is 12.5. The van der Waals surface area contributed by atoms with Crippen LogP contribution in [0.25, 0.3) is 0 Å². The lowest BCUT2D eigenvalue weighted by atomic mass is 9.94. The van der Waals surface area contributed by atoms with Gasteiger partial charge in [-0.15, -0.1) is 0 Å². The van der Waals surface area contributed by atoms with Crippen LogP contribution < -0.4 is 5.32 Å². The van der Waals surface area contributed by atoms with E-state index in [1.54, 1.807) is 16.4 Å². The molecule has 7 heteroatoms. The van der Waals surface area contributed by atoms with Crippen LogP contribution in [0.5, 0.6) is 0 Å². The molecule has 0 aromatic heterocycles. The average molecular weight is 422 g/mol. The quantitative estimate of drug-likeness (QED) is 0.728. The van der Waals surface area contributed by atoms with Gasteiger partial charge in [0.05, 0.1) is 11.4 Å². The number of carbonyl (C=O) groups is 1. The van der Waals surface area contributed by atoms with Crippen molar-refractivity contribution >= 4 is 21.6 Å². The van der Waals surface area contributed by atoms with Crippen LogP contribution in [-0.2, 0) is 14.8 Å². The van der Waals surface area contributed by atoms with Crippen molar-refractivity contribution in [3.63, 3.8) is 0 Å². The van der Waals surface area contributed by atoms with Crippen molar-refractivity contribution in [2.75, 3.05) is 31.5 Å². The van der Waals surface area contributed by atoms with E-state index in [1.165, 1.54) is 19.3 Å². The number of sulfonamides is 1. The molecule has 0 unspecified atom stereocenters. The minimum atomic E-state index is -3.48. The second-order valence-corrected chi connectivity index (χ2v) is 10.2. The van der Waals surface area contributed by atoms with Gasteiger partial charge in [0.15, 0.2) is 0 Å². The summed E-state index contributed by atoms with van der Waals surface area (Å²) in [6.45, 7) is 6.05. The minimum Gasteiger partial charge on any atom is -0.376 e. The normalized spacial score (nSPS) is 19.1. The third kappa shape index (κ3) is 5.31. The molecule has 0 atom stereocenters. The molecule has 6 nitrogen and oxygen atoms in total. The van der Waals surface area contributed by atoms with Crippen LogP contribution in [0.2, 0.25) is 0 Å². The Labute approximate surface area is 175 Å². The van der Waals surface area contributed by atoms with Gasteiger partial charge in [0.1, 0.15) is 0 Å². The highest BCUT2D eigenvalue weighted by molar-refractivity contribution is 7.89. The molecule has 0 spiro atoms. The summed E-state index contributed by atoms with van der Waals surface area (Å²) in [5, 5.41) is 3.21. The predicted molar refractivity (Wildman–Crippen MR) is 117 cm³/mol. The average Bonchev–Trinajstić information content (AvgIpc) is 2.75. The Morgan fingerprint density at radius 1 is 1.10 bits per heavy atom. The highest BCUT2D eigenvalue weighted by Gasteiger charge is 2.27. The summed E-state index contributed by atoms with van der Waals surface area (Å²) in [6, 6.07) is 5.52. The molecule has 1 saturated heterocycles. The first-order valence-electron chi connectivity index (χ1n) is 11.1. The fourth-order valence-electron chi connectivity index (χ4n) is 4.51. The maximum Gasteiger partial charge on any atom is 0.243 e. The third-order valence-electron chi connectivity index (χ3n) is 6.27. The molecule has 1 N–H and O–H groups in total. The van der Waals surface area contributed by atoms with Gasteiger partial charge in [-0.3, -0.25) is 4.79 Å². The molecule has 162 valence electrons. The van der Waals surface area contributed by atoms with E-state index in [4.69, 9.17) is 0 Å². The number of benzene rings is 1. The number of anilines is 1. The largest absolute Gasteiger partial charge is 0.376 e. The molecule has 2 aliphatic rings. The molecule has 29 heavy (non-hydrogen) atoms. The third-order valence-corrected chi connectivity index (χ3v) is 8.16. The number of carbonyl (C=O) groups excluding carboxylic acids is 1. The molecule has 0 bridgehead atoms. The molecular formula is C22H35N3O3S. The lowest BCUT2D eigenvalue weighted by Gasteiger charge is -2.33. The van der Waals surface area contributed by atoms with Gasteiger partial charge in [0, 0.05) is 31.4 Å². The van der Waals surface area contributed by atoms with E-state index in [-0.39, 0.29) is 12.5 Å². The van der Waals surface area contributed by atoms with Gasteiger partial charge in [-0.2, -0.15) is 4.31 Å². The van der Waals surface area contributed by atoms with Crippen LogP contribution in [0.15, 0.2) is 23.1 Å². The van der Waals surface area contributed by atoms with E-state index in [0.717, 1.165) is 43.4 Å². The van der Waals surface area contributed by atoms with Gasteiger partial charge < -0.3 is 10.2 Å². The van der Waals surface area contributed by atoms with Crippen LogP contribution in [0.4, 0.5) is 5.69 Å². The Balaban J connectivity index is 1.69. The molecule has 1 heterocycles. The number of aryl methyl sites for hydroxylation is 1. The summed E-state index contributed by atoms with van der Waals surface area (Å²) in [5.74, 6) is 0.0862. The van der Waals surface area contributed by atoms with E-state index in [9.17, 15) is 13.2 Å². The first-order chi connectivity index (χ1) is 13.9. The maximum absolute atomic E-state index is 13.0. The van der Waals surface area contributed by atoms with Crippen LogP contribution >= 0.6 is 0 Å². The van der Waals surface area contributed by atoms with Gasteiger partial charge >= 0.3 is 0 Å². The van der Waals surface area contributed by atoms with Crippen LogP contribution in [0.1, 0.15) is 63.9 Å². The lowest BCUT2D eigenvalue weighted by Crippen LogP contribution is -2.44. The Hall–Kier alpha value is -1.60. The fraction of sp³-hybridized carbons (Fsp3) is 0.682. The van der Waals surface area contributed by atoms with E-state index in [1.807, 2.05) is 24.8 Å². The highest BCUT2D eigenvalue weighted by atomic mass is 32.2. The van der Waals surface area contributed by atoms with E-state index >= 15 is 0 Å². The molecule has 3 rings (SSSR count). The van der Waals surface area contributed by atoms with Gasteiger partial charge in [0.2, 0.25) is 15.9 Å². The standard InChI is InChI=1S/C22H35N3O3S/c1-3-25(19-10-6-4-7-11-19)22(26)17-23-21-16-20(13-12-18(21)2)29(27,28)24-14-8-5-9-15-24/h12-13,16,19,23H,3-11,14-15,17H2,1-2H3. The molecule has 1 aliphatic carbocycles. The Bertz CT molecular complexity index is 798. The lowest BCUT2D eigenvalue weighted by molar-refractivity contribution is -0.132. The summed E-state index contributed by atoms with van der Waals surface area (Å²) in [5.41, 5.74) is 1.66. The summed E-state index contributed by atoms with van der Waals surface area (Å²) >= 11 is 0. The van der Waals surface area contributed by atoms with Gasteiger partial charge in [0.25, 0.3) is 0 Å². The van der Waals surface area contributed by atoms with Crippen molar-refractivity contribution < 1.29 is 13.2 Å². The van der Waals surface area contributed by atoms with Gasteiger partial charge in [-0.05, 0) is 57.2 Å². The monoisotopic (exact) mass is 421 g/mol. The summed E-state index contributed by atoms with van der Waals surface area (Å²) in [7, 11) is -3.48. The number of rotatable bonds is 7. The summed E-state index contributed by atoms with van der Waals surface area (Å²) in [6.07, 6.45) is 8.73. The maximum atomic E-state index is 13.0. The SMILES string of the molecule is CCN(C(=O)CNc1cc(S(=O)(=O)N2CCCCC2)ccc1C)C1CCCCC1. The Morgan fingerprint density at radius 2 is 1.76 bits per heavy atom. The second-order valence-electron chi connectivity index (χ2n) is 8.27. The van der Waals surface area contributed by atoms with Crippen LogP contribution in [-0.4, -0.2) is 55.8 Å². The Kier molecular flexibility index (Phi) is 7.57. The van der Waals surface area contributed by atoms with Gasteiger partial charge in [-0.25, -0.2) is 8.42 Å². The molecule has 1 aromatic rings. The second kappa shape index (κ2) is 9.94. The minimum absolute atomic E-state index is 0.0862. The van der Waals surface area contributed by atoms with Crippen molar-refractivity contribution in [2.24, 2.45) is 0 Å². The van der Waals surface area contributed by atoms with E-state index < -0.39 is 10.0 Å².